The fourth-order valence-electron chi connectivity index (χ4n) is 2.48. The number of rotatable bonds is 3. The highest BCUT2D eigenvalue weighted by Gasteiger charge is 2.21. The highest BCUT2D eigenvalue weighted by molar-refractivity contribution is 5.55. The zero-order valence-corrected chi connectivity index (χ0v) is 11.2. The van der Waals surface area contributed by atoms with E-state index in [0.29, 0.717) is 17.7 Å². The lowest BCUT2D eigenvalue weighted by Crippen LogP contribution is -2.36. The van der Waals surface area contributed by atoms with Crippen LogP contribution < -0.4 is 16.2 Å². The van der Waals surface area contributed by atoms with Crippen molar-refractivity contribution >= 4 is 5.95 Å². The van der Waals surface area contributed by atoms with Gasteiger partial charge in [-0.1, -0.05) is 0 Å². The Kier molecular flexibility index (Phi) is 3.51. The number of nitrogens with two attached hydrogens (primary N) is 1. The first-order valence-electron chi connectivity index (χ1n) is 6.83. The number of piperidine rings is 1. The van der Waals surface area contributed by atoms with E-state index < -0.39 is 0 Å². The first-order chi connectivity index (χ1) is 9.76. The molecule has 1 saturated heterocycles. The summed E-state index contributed by atoms with van der Waals surface area (Å²) in [5, 5.41) is 7.13. The second-order valence-corrected chi connectivity index (χ2v) is 5.09. The molecule has 7 nitrogen and oxygen atoms in total. The third kappa shape index (κ3) is 2.57. The van der Waals surface area contributed by atoms with Gasteiger partial charge in [-0.25, -0.2) is 0 Å². The Morgan fingerprint density at radius 2 is 2.20 bits per heavy atom. The maximum atomic E-state index is 11.3. The maximum Gasteiger partial charge on any atom is 0.248 e. The van der Waals surface area contributed by atoms with Gasteiger partial charge < -0.3 is 15.6 Å². The van der Waals surface area contributed by atoms with E-state index in [9.17, 15) is 4.79 Å². The molecule has 7 heteroatoms. The number of nitrogens with zero attached hydrogens (tertiary/aromatic N) is 3. The average Bonchev–Trinajstić information content (AvgIpc) is 2.97. The molecule has 1 aliphatic rings. The Balaban J connectivity index is 1.76. The minimum atomic E-state index is -0.149. The van der Waals surface area contributed by atoms with Gasteiger partial charge >= 0.3 is 0 Å². The molecule has 0 radical (unpaired) electrons. The normalized spacial score (nSPS) is 16.6. The molecule has 20 heavy (non-hydrogen) atoms. The molecule has 3 rings (SSSR count). The van der Waals surface area contributed by atoms with Crippen LogP contribution in [-0.4, -0.2) is 39.8 Å². The lowest BCUT2D eigenvalue weighted by Gasteiger charge is -2.30. The summed E-state index contributed by atoms with van der Waals surface area (Å²) in [6.07, 6.45) is 3.75. The molecule has 106 valence electrons. The molecular weight excluding hydrogens is 256 g/mol. The Morgan fingerprint density at radius 1 is 1.40 bits per heavy atom. The lowest BCUT2D eigenvalue weighted by atomic mass is 9.97. The summed E-state index contributed by atoms with van der Waals surface area (Å²) in [6, 6.07) is 3.30. The summed E-state index contributed by atoms with van der Waals surface area (Å²) in [7, 11) is 0. The quantitative estimate of drug-likeness (QED) is 0.748. The molecule has 0 unspecified atom stereocenters. The average molecular weight is 274 g/mol. The van der Waals surface area contributed by atoms with E-state index in [-0.39, 0.29) is 5.56 Å². The van der Waals surface area contributed by atoms with Gasteiger partial charge in [-0.05, 0) is 31.4 Å². The summed E-state index contributed by atoms with van der Waals surface area (Å²) in [5.41, 5.74) is 6.28. The molecule has 0 amide bonds. The third-order valence-electron chi connectivity index (χ3n) is 3.75. The zero-order valence-electron chi connectivity index (χ0n) is 11.2. The second kappa shape index (κ2) is 5.46. The van der Waals surface area contributed by atoms with Gasteiger partial charge in [-0.2, -0.15) is 4.98 Å². The van der Waals surface area contributed by atoms with Crippen LogP contribution in [0.25, 0.3) is 11.4 Å². The summed E-state index contributed by atoms with van der Waals surface area (Å²) >= 11 is 0. The van der Waals surface area contributed by atoms with Crippen molar-refractivity contribution in [2.24, 2.45) is 11.7 Å². The number of aromatic nitrogens is 4. The van der Waals surface area contributed by atoms with E-state index in [0.717, 1.165) is 38.0 Å². The van der Waals surface area contributed by atoms with Gasteiger partial charge in [-0.15, -0.1) is 5.10 Å². The molecule has 0 bridgehead atoms. The van der Waals surface area contributed by atoms with Crippen LogP contribution in [0.3, 0.4) is 0 Å². The fourth-order valence-corrected chi connectivity index (χ4v) is 2.48. The fraction of sp³-hybridized carbons (Fsp3) is 0.462. The second-order valence-electron chi connectivity index (χ2n) is 5.09. The molecule has 0 aromatic carbocycles. The largest absolute Gasteiger partial charge is 0.340 e. The van der Waals surface area contributed by atoms with Crippen LogP contribution in [0.15, 0.2) is 23.1 Å². The smallest absolute Gasteiger partial charge is 0.248 e. The Morgan fingerprint density at radius 3 is 2.90 bits per heavy atom. The van der Waals surface area contributed by atoms with Gasteiger partial charge in [0, 0.05) is 30.9 Å². The van der Waals surface area contributed by atoms with Crippen molar-refractivity contribution in [3.63, 3.8) is 0 Å². The van der Waals surface area contributed by atoms with E-state index in [1.807, 2.05) is 0 Å². The molecule has 0 atom stereocenters. The van der Waals surface area contributed by atoms with Gasteiger partial charge in [0.25, 0.3) is 0 Å². The predicted octanol–water partition coefficient (Wildman–Crippen LogP) is 0.335. The lowest BCUT2D eigenvalue weighted by molar-refractivity contribution is 0.411. The van der Waals surface area contributed by atoms with Gasteiger partial charge in [0.05, 0.1) is 0 Å². The van der Waals surface area contributed by atoms with Crippen LogP contribution in [0.4, 0.5) is 5.95 Å². The van der Waals surface area contributed by atoms with Crippen LogP contribution in [-0.2, 0) is 0 Å². The monoisotopic (exact) mass is 274 g/mol. The predicted molar refractivity (Wildman–Crippen MR) is 76.4 cm³/mol. The molecule has 1 aliphatic heterocycles. The maximum absolute atomic E-state index is 11.3. The third-order valence-corrected chi connectivity index (χ3v) is 3.75. The minimum Gasteiger partial charge on any atom is -0.340 e. The molecule has 2 aromatic heterocycles. The summed E-state index contributed by atoms with van der Waals surface area (Å²) in [6.45, 7) is 2.60. The van der Waals surface area contributed by atoms with Gasteiger partial charge in [-0.3, -0.25) is 9.89 Å². The highest BCUT2D eigenvalue weighted by Crippen LogP contribution is 2.21. The van der Waals surface area contributed by atoms with E-state index in [4.69, 9.17) is 5.73 Å². The highest BCUT2D eigenvalue weighted by atomic mass is 16.1. The van der Waals surface area contributed by atoms with Gasteiger partial charge in [0.2, 0.25) is 11.5 Å². The Bertz CT molecular complexity index is 626. The van der Waals surface area contributed by atoms with Gasteiger partial charge in [0.15, 0.2) is 5.82 Å². The van der Waals surface area contributed by atoms with Crippen molar-refractivity contribution in [2.45, 2.75) is 12.8 Å². The number of hydrogen-bond donors (Lipinski definition) is 3. The SMILES string of the molecule is NCC1CCN(c2n[nH]c(-c3cc[nH]c(=O)c3)n2)CC1. The number of aromatic amines is 2. The topological polar surface area (TPSA) is 104 Å². The number of hydrogen-bond acceptors (Lipinski definition) is 5. The van der Waals surface area contributed by atoms with Crippen molar-refractivity contribution in [1.29, 1.82) is 0 Å². The van der Waals surface area contributed by atoms with Crippen LogP contribution in [0.2, 0.25) is 0 Å². The zero-order chi connectivity index (χ0) is 13.9. The van der Waals surface area contributed by atoms with Crippen LogP contribution in [0.1, 0.15) is 12.8 Å². The van der Waals surface area contributed by atoms with E-state index in [2.05, 4.69) is 25.1 Å². The van der Waals surface area contributed by atoms with E-state index in [1.54, 1.807) is 12.3 Å². The first-order valence-corrected chi connectivity index (χ1v) is 6.83. The summed E-state index contributed by atoms with van der Waals surface area (Å²) in [4.78, 5) is 20.5. The van der Waals surface area contributed by atoms with Crippen molar-refractivity contribution in [2.75, 3.05) is 24.5 Å². The molecule has 0 aliphatic carbocycles. The molecular formula is C13H18N6O. The number of nitrogens with one attached hydrogen (secondary N) is 2. The molecule has 1 fully saturated rings. The van der Waals surface area contributed by atoms with Gasteiger partial charge in [0.1, 0.15) is 0 Å². The number of pyridine rings is 1. The summed E-state index contributed by atoms with van der Waals surface area (Å²) < 4.78 is 0. The van der Waals surface area contributed by atoms with Crippen molar-refractivity contribution in [1.82, 2.24) is 20.2 Å². The minimum absolute atomic E-state index is 0.149. The van der Waals surface area contributed by atoms with Crippen molar-refractivity contribution < 1.29 is 0 Å². The summed E-state index contributed by atoms with van der Waals surface area (Å²) in [5.74, 6) is 1.92. The van der Waals surface area contributed by atoms with Crippen molar-refractivity contribution in [3.05, 3.63) is 28.7 Å². The number of anilines is 1. The van der Waals surface area contributed by atoms with E-state index in [1.165, 1.54) is 6.07 Å². The molecule has 3 heterocycles. The number of H-pyrrole nitrogens is 2. The van der Waals surface area contributed by atoms with Crippen LogP contribution >= 0.6 is 0 Å². The molecule has 2 aromatic rings. The first kappa shape index (κ1) is 12.9. The van der Waals surface area contributed by atoms with Crippen molar-refractivity contribution in [3.8, 4) is 11.4 Å². The van der Waals surface area contributed by atoms with E-state index >= 15 is 0 Å². The molecule has 4 N–H and O–H groups in total. The molecule has 0 spiro atoms. The standard InChI is InChI=1S/C13H18N6O/c14-8-9-2-5-19(6-3-9)13-16-12(17-18-13)10-1-4-15-11(20)7-10/h1,4,7,9H,2-3,5-6,8,14H2,(H,15,20)(H,16,17,18). The molecule has 0 saturated carbocycles. The van der Waals surface area contributed by atoms with Crippen LogP contribution in [0.5, 0.6) is 0 Å². The Labute approximate surface area is 116 Å². The Hall–Kier alpha value is -2.15. The van der Waals surface area contributed by atoms with Crippen LogP contribution in [0, 0.1) is 5.92 Å².